The van der Waals surface area contributed by atoms with Gasteiger partial charge in [-0.3, -0.25) is 10.2 Å². The Morgan fingerprint density at radius 3 is 2.42 bits per heavy atom. The van der Waals surface area contributed by atoms with Crippen LogP contribution in [0.25, 0.3) is 11.3 Å². The van der Waals surface area contributed by atoms with E-state index in [4.69, 9.17) is 14.7 Å². The Kier molecular flexibility index (Phi) is 13.9. The minimum absolute atomic E-state index is 0.0362. The number of hydrazine groups is 1. The minimum atomic E-state index is -1.10. The quantitative estimate of drug-likeness (QED) is 0.0778. The van der Waals surface area contributed by atoms with Crippen LogP contribution >= 0.6 is 0 Å². The maximum Gasteiger partial charge on any atom is 0.335 e. The van der Waals surface area contributed by atoms with E-state index in [1.807, 2.05) is 38.1 Å². The van der Waals surface area contributed by atoms with Crippen LogP contribution in [0.4, 0.5) is 11.6 Å². The van der Waals surface area contributed by atoms with E-state index in [0.29, 0.717) is 23.4 Å². The molecule has 0 radical (unpaired) electrons. The molecule has 278 valence electrons. The van der Waals surface area contributed by atoms with Crippen molar-refractivity contribution in [2.24, 2.45) is 10.4 Å². The number of aromatic nitrogens is 2. The second-order valence-electron chi connectivity index (χ2n) is 14.5. The van der Waals surface area contributed by atoms with Gasteiger partial charge in [0, 0.05) is 29.4 Å². The van der Waals surface area contributed by atoms with E-state index in [9.17, 15) is 15.1 Å². The summed E-state index contributed by atoms with van der Waals surface area (Å²) >= 11 is 0. The average Bonchev–Trinajstić information content (AvgIpc) is 3.34. The number of nitrogens with zero attached hydrogens (tertiary/aromatic N) is 4. The summed E-state index contributed by atoms with van der Waals surface area (Å²) < 4.78 is 6.41. The smallest absolute Gasteiger partial charge is 0.335 e. The van der Waals surface area contributed by atoms with Gasteiger partial charge in [-0.2, -0.15) is 10.2 Å². The third-order valence-corrected chi connectivity index (χ3v) is 9.49. The van der Waals surface area contributed by atoms with Crippen LogP contribution in [-0.2, 0) is 0 Å². The molecule has 1 fully saturated rings. The first-order valence-corrected chi connectivity index (χ1v) is 18.2. The molecular weight excluding hydrogens is 653 g/mol. The second-order valence-corrected chi connectivity index (χ2v) is 14.5. The number of aliphatic imine (C=N–C) groups is 1. The van der Waals surface area contributed by atoms with Gasteiger partial charge >= 0.3 is 5.97 Å². The molecule has 3 aromatic rings. The van der Waals surface area contributed by atoms with Gasteiger partial charge in [0.2, 0.25) is 11.8 Å². The average molecular weight is 709 g/mol. The summed E-state index contributed by atoms with van der Waals surface area (Å²) in [5.74, 6) is -0.655. The summed E-state index contributed by atoms with van der Waals surface area (Å²) in [5.41, 5.74) is 11.3. The van der Waals surface area contributed by atoms with E-state index in [0.717, 1.165) is 65.8 Å². The van der Waals surface area contributed by atoms with Gasteiger partial charge in [0.15, 0.2) is 0 Å². The Bertz CT molecular complexity index is 1820. The Morgan fingerprint density at radius 1 is 1.08 bits per heavy atom. The minimum Gasteiger partial charge on any atom is -0.478 e. The van der Waals surface area contributed by atoms with Crippen molar-refractivity contribution in [1.82, 2.24) is 15.3 Å². The third kappa shape index (κ3) is 10.9. The number of allylic oxidation sites excluding steroid dienone is 5. The molecule has 2 unspecified atom stereocenters. The summed E-state index contributed by atoms with van der Waals surface area (Å²) in [4.78, 5) is 26.0. The molecule has 1 aliphatic rings. The van der Waals surface area contributed by atoms with Crippen molar-refractivity contribution < 1.29 is 19.8 Å². The van der Waals surface area contributed by atoms with Crippen LogP contribution in [0, 0.1) is 19.3 Å². The highest BCUT2D eigenvalue weighted by Gasteiger charge is 2.24. The molecule has 2 aromatic carbocycles. The fourth-order valence-electron chi connectivity index (χ4n) is 6.15. The van der Waals surface area contributed by atoms with Crippen molar-refractivity contribution in [3.05, 3.63) is 100 Å². The predicted octanol–water partition coefficient (Wildman–Crippen LogP) is 9.65. The van der Waals surface area contributed by atoms with Crippen molar-refractivity contribution in [2.75, 3.05) is 17.2 Å². The Labute approximate surface area is 309 Å². The van der Waals surface area contributed by atoms with Crippen LogP contribution in [0.15, 0.2) is 88.6 Å². The molecule has 2 heterocycles. The van der Waals surface area contributed by atoms with Gasteiger partial charge < -0.3 is 15.2 Å². The maximum atomic E-state index is 11.5. The van der Waals surface area contributed by atoms with Crippen LogP contribution in [0.1, 0.15) is 102 Å². The zero-order valence-corrected chi connectivity index (χ0v) is 32.2. The summed E-state index contributed by atoms with van der Waals surface area (Å²) in [6, 6.07) is 13.9. The number of hydrogen-bond donors (Lipinski definition) is 4. The van der Waals surface area contributed by atoms with Crippen LogP contribution in [0.3, 0.4) is 0 Å². The Morgan fingerprint density at radius 2 is 1.77 bits per heavy atom. The Balaban J connectivity index is 1.58. The van der Waals surface area contributed by atoms with E-state index in [1.54, 1.807) is 12.1 Å². The molecule has 2 atom stereocenters. The second kappa shape index (κ2) is 18.1. The molecule has 10 nitrogen and oxygen atoms in total. The molecule has 1 aromatic heterocycles. The molecule has 4 rings (SSSR count). The topological polar surface area (TPSA) is 132 Å². The van der Waals surface area contributed by atoms with Gasteiger partial charge in [0.25, 0.3) is 0 Å². The molecule has 10 heteroatoms. The fraction of sp³-hybridized carbons (Fsp3) is 0.429. The van der Waals surface area contributed by atoms with Crippen LogP contribution in [-0.4, -0.2) is 50.7 Å². The standard InChI is InChI=1S/C42H56N6O4/c1-10-16-31(23-29(5)42(7,8)9)30(6)43-35(11-2)36-22-13-12-20-33(44-36)26-52-38-25-37(39-27(3)17-14-18-28(39)4)45-41(46-38)47-48(51)34-21-15-19-32(24-34)40(49)50/h11,14-19,21,23-25,33,36,44,51H,10,12-13,20,22,26H2,1-9H3,(H,49,50)(H,45,46,47)/b29-23+,31-16-,35-11-,43-30-. The predicted molar refractivity (Wildman–Crippen MR) is 211 cm³/mol. The molecular formula is C42H56N6O4. The van der Waals surface area contributed by atoms with Gasteiger partial charge in [0.05, 0.1) is 22.6 Å². The first kappa shape index (κ1) is 40.0. The zero-order chi connectivity index (χ0) is 38.0. The van der Waals surface area contributed by atoms with E-state index in [1.165, 1.54) is 17.7 Å². The van der Waals surface area contributed by atoms with Crippen molar-refractivity contribution in [1.29, 1.82) is 0 Å². The van der Waals surface area contributed by atoms with Crippen LogP contribution in [0.5, 0.6) is 5.88 Å². The van der Waals surface area contributed by atoms with Crippen LogP contribution < -0.4 is 20.7 Å². The lowest BCUT2D eigenvalue weighted by Gasteiger charge is -2.24. The van der Waals surface area contributed by atoms with E-state index >= 15 is 0 Å². The molecule has 52 heavy (non-hydrogen) atoms. The van der Waals surface area contributed by atoms with Crippen molar-refractivity contribution in [3.63, 3.8) is 0 Å². The molecule has 4 N–H and O–H groups in total. The largest absolute Gasteiger partial charge is 0.478 e. The molecule has 0 amide bonds. The molecule has 0 spiro atoms. The molecule has 1 saturated heterocycles. The van der Waals surface area contributed by atoms with Crippen LogP contribution in [0.2, 0.25) is 0 Å². The van der Waals surface area contributed by atoms with Gasteiger partial charge in [0.1, 0.15) is 6.61 Å². The highest BCUT2D eigenvalue weighted by Crippen LogP contribution is 2.30. The monoisotopic (exact) mass is 708 g/mol. The maximum absolute atomic E-state index is 11.5. The highest BCUT2D eigenvalue weighted by molar-refractivity contribution is 6.01. The van der Waals surface area contributed by atoms with Gasteiger partial charge in [-0.05, 0) is 94.2 Å². The third-order valence-electron chi connectivity index (χ3n) is 9.49. The number of carboxylic acids is 1. The van der Waals surface area contributed by atoms with E-state index in [-0.39, 0.29) is 34.7 Å². The molecule has 1 aliphatic heterocycles. The van der Waals surface area contributed by atoms with E-state index < -0.39 is 5.97 Å². The molecule has 0 bridgehead atoms. The lowest BCUT2D eigenvalue weighted by atomic mass is 9.86. The highest BCUT2D eigenvalue weighted by atomic mass is 16.5. The molecule has 0 aliphatic carbocycles. The summed E-state index contributed by atoms with van der Waals surface area (Å²) in [6.45, 7) is 19.6. The number of aryl methyl sites for hydroxylation is 2. The lowest BCUT2D eigenvalue weighted by molar-refractivity contribution is 0.0697. The van der Waals surface area contributed by atoms with Crippen molar-refractivity contribution in [3.8, 4) is 17.1 Å². The number of rotatable bonds is 13. The summed E-state index contributed by atoms with van der Waals surface area (Å²) in [7, 11) is 0. The van der Waals surface area contributed by atoms with Crippen molar-refractivity contribution in [2.45, 2.75) is 107 Å². The number of aromatic carboxylic acids is 1. The summed E-state index contributed by atoms with van der Waals surface area (Å²) in [6.07, 6.45) is 11.6. The normalized spacial score (nSPS) is 17.8. The number of anilines is 2. The van der Waals surface area contributed by atoms with Gasteiger partial charge in [-0.15, -0.1) is 0 Å². The molecule has 0 saturated carbocycles. The first-order chi connectivity index (χ1) is 24.7. The number of ether oxygens (including phenoxy) is 1. The van der Waals surface area contributed by atoms with Gasteiger partial charge in [-0.1, -0.05) is 88.6 Å². The number of carbonyl (C=O) groups is 1. The zero-order valence-electron chi connectivity index (χ0n) is 32.2. The number of carboxylic acid groups (broad SMARTS) is 1. The van der Waals surface area contributed by atoms with E-state index in [2.05, 4.69) is 82.4 Å². The number of nitrogens with one attached hydrogen (secondary N) is 2. The first-order valence-electron chi connectivity index (χ1n) is 18.2. The van der Waals surface area contributed by atoms with Gasteiger partial charge in [-0.25, -0.2) is 15.2 Å². The van der Waals surface area contributed by atoms with Crippen molar-refractivity contribution >= 4 is 23.3 Å². The number of hydrogen-bond acceptors (Lipinski definition) is 9. The number of benzene rings is 2. The summed E-state index contributed by atoms with van der Waals surface area (Å²) in [5, 5.41) is 24.9. The SMILES string of the molecule is C\C=C(/N=C(C)\C(=C/CC)\C=C(/C)C(C)(C)C)C1CCCCC(COc2cc(-c3c(C)cccc3C)nc(NN(O)c3cccc(C(=O)O)c3)n2)N1. The fourth-order valence-corrected chi connectivity index (χ4v) is 6.15. The Hall–Kier alpha value is -4.80. The lowest BCUT2D eigenvalue weighted by Crippen LogP contribution is -2.41.